The van der Waals surface area contributed by atoms with E-state index < -0.39 is 22.1 Å². The SMILES string of the molecule is Cc1nnc(C(C)OC(=O)C2CCN(S(=O)(=O)c3ccc4c(c3)OCCCO4)CC2)o1. The molecule has 11 heteroatoms. The third-order valence-corrected chi connectivity index (χ3v) is 7.22. The van der Waals surface area contributed by atoms with Crippen LogP contribution in [0.4, 0.5) is 0 Å². The Balaban J connectivity index is 1.37. The van der Waals surface area contributed by atoms with Gasteiger partial charge in [0.25, 0.3) is 5.89 Å². The minimum atomic E-state index is -3.71. The zero-order valence-corrected chi connectivity index (χ0v) is 18.3. The molecule has 0 aliphatic carbocycles. The van der Waals surface area contributed by atoms with Gasteiger partial charge in [0.1, 0.15) is 0 Å². The molecule has 0 radical (unpaired) electrons. The number of carbonyl (C=O) groups excluding carboxylic acids is 1. The van der Waals surface area contributed by atoms with Crippen LogP contribution in [0, 0.1) is 12.8 Å². The highest BCUT2D eigenvalue weighted by atomic mass is 32.2. The lowest BCUT2D eigenvalue weighted by Crippen LogP contribution is -2.40. The van der Waals surface area contributed by atoms with Crippen molar-refractivity contribution in [3.63, 3.8) is 0 Å². The van der Waals surface area contributed by atoms with Crippen molar-refractivity contribution >= 4 is 16.0 Å². The number of carbonyl (C=O) groups is 1. The van der Waals surface area contributed by atoms with Gasteiger partial charge in [-0.3, -0.25) is 4.79 Å². The van der Waals surface area contributed by atoms with E-state index >= 15 is 0 Å². The Labute approximate surface area is 180 Å². The van der Waals surface area contributed by atoms with Crippen LogP contribution in [0.3, 0.4) is 0 Å². The van der Waals surface area contributed by atoms with Crippen LogP contribution >= 0.6 is 0 Å². The predicted molar refractivity (Wildman–Crippen MR) is 107 cm³/mol. The van der Waals surface area contributed by atoms with Gasteiger partial charge in [-0.25, -0.2) is 8.42 Å². The Morgan fingerprint density at radius 3 is 2.55 bits per heavy atom. The molecule has 1 atom stereocenters. The Hall–Kier alpha value is -2.66. The Morgan fingerprint density at radius 2 is 1.87 bits per heavy atom. The summed E-state index contributed by atoms with van der Waals surface area (Å²) in [6.45, 7) is 4.78. The Bertz CT molecular complexity index is 1040. The largest absolute Gasteiger partial charge is 0.490 e. The van der Waals surface area contributed by atoms with Crippen LogP contribution in [-0.4, -0.2) is 55.2 Å². The normalized spacial score (nSPS) is 18.9. The van der Waals surface area contributed by atoms with Gasteiger partial charge in [0.05, 0.1) is 24.0 Å². The van der Waals surface area contributed by atoms with E-state index in [2.05, 4.69) is 10.2 Å². The summed E-state index contributed by atoms with van der Waals surface area (Å²) in [5, 5.41) is 7.58. The van der Waals surface area contributed by atoms with Crippen molar-refractivity contribution in [2.45, 2.75) is 44.1 Å². The monoisotopic (exact) mass is 451 g/mol. The molecule has 31 heavy (non-hydrogen) atoms. The summed E-state index contributed by atoms with van der Waals surface area (Å²) in [4.78, 5) is 12.6. The van der Waals surface area contributed by atoms with Crippen LogP contribution in [0.1, 0.15) is 44.1 Å². The first kappa shape index (κ1) is 21.6. The number of piperidine rings is 1. The summed E-state index contributed by atoms with van der Waals surface area (Å²) >= 11 is 0. The van der Waals surface area contributed by atoms with Gasteiger partial charge in [-0.2, -0.15) is 4.31 Å². The first-order valence-corrected chi connectivity index (χ1v) is 11.7. The average molecular weight is 452 g/mol. The third-order valence-electron chi connectivity index (χ3n) is 5.33. The molecule has 1 fully saturated rings. The van der Waals surface area contributed by atoms with E-state index in [1.807, 2.05) is 0 Å². The van der Waals surface area contributed by atoms with Gasteiger partial charge in [0.15, 0.2) is 17.6 Å². The van der Waals surface area contributed by atoms with Crippen molar-refractivity contribution in [3.8, 4) is 11.5 Å². The molecule has 0 N–H and O–H groups in total. The number of ether oxygens (including phenoxy) is 3. The molecule has 1 unspecified atom stereocenters. The maximum atomic E-state index is 13.1. The second kappa shape index (κ2) is 8.83. The number of nitrogens with zero attached hydrogens (tertiary/aromatic N) is 3. The van der Waals surface area contributed by atoms with Crippen LogP contribution in [0.2, 0.25) is 0 Å². The van der Waals surface area contributed by atoms with E-state index in [9.17, 15) is 13.2 Å². The standard InChI is InChI=1S/C20H25N3O7S/c1-13(19-22-21-14(2)30-19)29-20(24)15-6-8-23(9-7-15)31(25,26)16-4-5-17-18(12-16)28-11-3-10-27-17/h4-5,12-13,15H,3,6-11H2,1-2H3. The number of hydrogen-bond acceptors (Lipinski definition) is 9. The van der Waals surface area contributed by atoms with E-state index in [1.165, 1.54) is 16.4 Å². The summed E-state index contributed by atoms with van der Waals surface area (Å²) in [6, 6.07) is 4.65. The molecule has 10 nitrogen and oxygen atoms in total. The molecule has 0 saturated carbocycles. The molecule has 168 valence electrons. The van der Waals surface area contributed by atoms with E-state index in [0.29, 0.717) is 43.4 Å². The molecule has 0 amide bonds. The lowest BCUT2D eigenvalue weighted by molar-refractivity contribution is -0.156. The number of rotatable bonds is 5. The van der Waals surface area contributed by atoms with Gasteiger partial charge in [-0.05, 0) is 31.9 Å². The van der Waals surface area contributed by atoms with E-state index in [0.717, 1.165) is 6.42 Å². The third kappa shape index (κ3) is 4.67. The van der Waals surface area contributed by atoms with Crippen LogP contribution < -0.4 is 9.47 Å². The van der Waals surface area contributed by atoms with Gasteiger partial charge in [0, 0.05) is 32.5 Å². The molecular weight excluding hydrogens is 426 g/mol. The minimum absolute atomic E-state index is 0.151. The minimum Gasteiger partial charge on any atom is -0.490 e. The fourth-order valence-electron chi connectivity index (χ4n) is 3.58. The van der Waals surface area contributed by atoms with Gasteiger partial charge in [-0.15, -0.1) is 10.2 Å². The molecule has 0 bridgehead atoms. The zero-order chi connectivity index (χ0) is 22.0. The summed E-state index contributed by atoms with van der Waals surface area (Å²) in [5.74, 6) is 0.829. The highest BCUT2D eigenvalue weighted by Crippen LogP contribution is 2.34. The average Bonchev–Trinajstić information content (AvgIpc) is 3.06. The molecule has 2 aliphatic heterocycles. The summed E-state index contributed by atoms with van der Waals surface area (Å²) in [5.41, 5.74) is 0. The Morgan fingerprint density at radius 1 is 1.16 bits per heavy atom. The highest BCUT2D eigenvalue weighted by molar-refractivity contribution is 7.89. The number of fused-ring (bicyclic) bond motifs is 1. The van der Waals surface area contributed by atoms with Gasteiger partial charge < -0.3 is 18.6 Å². The number of aryl methyl sites for hydroxylation is 1. The van der Waals surface area contributed by atoms with Crippen molar-refractivity contribution in [2.24, 2.45) is 5.92 Å². The van der Waals surface area contributed by atoms with E-state index in [4.69, 9.17) is 18.6 Å². The summed E-state index contributed by atoms with van der Waals surface area (Å²) < 4.78 is 49.5. The van der Waals surface area contributed by atoms with E-state index in [1.54, 1.807) is 19.9 Å². The van der Waals surface area contributed by atoms with Crippen molar-refractivity contribution in [1.82, 2.24) is 14.5 Å². The summed E-state index contributed by atoms with van der Waals surface area (Å²) in [7, 11) is -3.71. The van der Waals surface area contributed by atoms with Gasteiger partial charge in [-0.1, -0.05) is 0 Å². The Kier molecular flexibility index (Phi) is 6.15. The topological polar surface area (TPSA) is 121 Å². The number of benzene rings is 1. The van der Waals surface area contributed by atoms with Gasteiger partial charge >= 0.3 is 5.97 Å². The molecule has 2 aliphatic rings. The van der Waals surface area contributed by atoms with Crippen LogP contribution in [-0.2, 0) is 19.6 Å². The van der Waals surface area contributed by atoms with Crippen molar-refractivity contribution in [1.29, 1.82) is 0 Å². The lowest BCUT2D eigenvalue weighted by Gasteiger charge is -2.30. The molecule has 0 spiro atoms. The number of esters is 1. The van der Waals surface area contributed by atoms with Crippen LogP contribution in [0.15, 0.2) is 27.5 Å². The number of aromatic nitrogens is 2. The number of sulfonamides is 1. The van der Waals surface area contributed by atoms with Crippen molar-refractivity contribution in [3.05, 3.63) is 30.0 Å². The second-order valence-electron chi connectivity index (χ2n) is 7.58. The fourth-order valence-corrected chi connectivity index (χ4v) is 5.07. The predicted octanol–water partition coefficient (Wildman–Crippen LogP) is 2.24. The second-order valence-corrected chi connectivity index (χ2v) is 9.51. The smallest absolute Gasteiger partial charge is 0.309 e. The van der Waals surface area contributed by atoms with Crippen LogP contribution in [0.25, 0.3) is 0 Å². The summed E-state index contributed by atoms with van der Waals surface area (Å²) in [6.07, 6.45) is 0.832. The van der Waals surface area contributed by atoms with Crippen LogP contribution in [0.5, 0.6) is 11.5 Å². The molecule has 1 aromatic heterocycles. The van der Waals surface area contributed by atoms with Crippen molar-refractivity contribution in [2.75, 3.05) is 26.3 Å². The maximum Gasteiger partial charge on any atom is 0.309 e. The molecule has 1 aromatic carbocycles. The highest BCUT2D eigenvalue weighted by Gasteiger charge is 2.34. The molecule has 2 aromatic rings. The first-order valence-electron chi connectivity index (χ1n) is 10.2. The quantitative estimate of drug-likeness (QED) is 0.630. The van der Waals surface area contributed by atoms with Gasteiger partial charge in [0.2, 0.25) is 15.9 Å². The lowest BCUT2D eigenvalue weighted by atomic mass is 9.98. The number of hydrogen-bond donors (Lipinski definition) is 0. The molecule has 1 saturated heterocycles. The fraction of sp³-hybridized carbons (Fsp3) is 0.550. The molecule has 4 rings (SSSR count). The zero-order valence-electron chi connectivity index (χ0n) is 17.4. The van der Waals surface area contributed by atoms with E-state index in [-0.39, 0.29) is 29.8 Å². The first-order chi connectivity index (χ1) is 14.8. The maximum absolute atomic E-state index is 13.1. The molecule has 3 heterocycles. The molecular formula is C20H25N3O7S. The van der Waals surface area contributed by atoms with Crippen molar-refractivity contribution < 1.29 is 31.8 Å².